The van der Waals surface area contributed by atoms with Gasteiger partial charge in [0, 0.05) is 6.42 Å². The third kappa shape index (κ3) is 3.93. The van der Waals surface area contributed by atoms with Gasteiger partial charge < -0.3 is 10.4 Å². The Hall–Kier alpha value is -1.01. The maximum Gasteiger partial charge on any atom is 0.208 e. The summed E-state index contributed by atoms with van der Waals surface area (Å²) >= 11 is 0. The highest BCUT2D eigenvalue weighted by atomic mass is 16.3. The fourth-order valence-corrected chi connectivity index (χ4v) is 0.607. The van der Waals surface area contributed by atoms with Crippen LogP contribution in [0.15, 0.2) is 0 Å². The normalized spacial score (nSPS) is 14.9. The molecule has 56 valence electrons. The number of aliphatic hydroxyl groups is 1. The zero-order valence-electron chi connectivity index (χ0n) is 5.87. The van der Waals surface area contributed by atoms with E-state index in [4.69, 9.17) is 11.5 Å². The number of hydrogen-bond donors (Lipinski definition) is 2. The summed E-state index contributed by atoms with van der Waals surface area (Å²) in [5.74, 6) is 2.33. The van der Waals surface area contributed by atoms with Gasteiger partial charge in [-0.3, -0.25) is 4.79 Å². The van der Waals surface area contributed by atoms with Crippen molar-refractivity contribution >= 4 is 6.41 Å². The Labute approximate surface area is 60.4 Å². The fraction of sp³-hybridized carbons (Fsp3) is 0.571. The SMILES string of the molecule is C#C[C@@H](C[C@@H](C)O)NC=O. The molecule has 0 aliphatic carbocycles. The van der Waals surface area contributed by atoms with Gasteiger partial charge in [-0.1, -0.05) is 5.92 Å². The van der Waals surface area contributed by atoms with Gasteiger partial charge in [0.25, 0.3) is 0 Å². The minimum Gasteiger partial charge on any atom is -0.393 e. The van der Waals surface area contributed by atoms with Crippen molar-refractivity contribution in [3.8, 4) is 12.3 Å². The lowest BCUT2D eigenvalue weighted by molar-refractivity contribution is -0.109. The average Bonchev–Trinajstić information content (AvgIpc) is 1.86. The Morgan fingerprint density at radius 3 is 2.80 bits per heavy atom. The molecule has 3 nitrogen and oxygen atoms in total. The molecule has 0 rings (SSSR count). The van der Waals surface area contributed by atoms with E-state index in [9.17, 15) is 4.79 Å². The number of carbonyl (C=O) groups is 1. The second kappa shape index (κ2) is 4.83. The van der Waals surface area contributed by atoms with Gasteiger partial charge in [0.15, 0.2) is 0 Å². The van der Waals surface area contributed by atoms with E-state index in [2.05, 4.69) is 11.2 Å². The highest BCUT2D eigenvalue weighted by Crippen LogP contribution is 1.94. The van der Waals surface area contributed by atoms with Crippen molar-refractivity contribution in [1.29, 1.82) is 0 Å². The quantitative estimate of drug-likeness (QED) is 0.410. The molecule has 0 aliphatic heterocycles. The molecule has 2 N–H and O–H groups in total. The number of aliphatic hydroxyl groups excluding tert-OH is 1. The highest BCUT2D eigenvalue weighted by Gasteiger charge is 2.05. The number of hydrogen-bond acceptors (Lipinski definition) is 2. The van der Waals surface area contributed by atoms with Crippen LogP contribution in [0.25, 0.3) is 0 Å². The molecule has 0 bridgehead atoms. The molecule has 2 atom stereocenters. The fourth-order valence-electron chi connectivity index (χ4n) is 0.607. The predicted octanol–water partition coefficient (Wildman–Crippen LogP) is -0.495. The van der Waals surface area contributed by atoms with Crippen LogP contribution in [0.2, 0.25) is 0 Å². The molecule has 1 amide bonds. The van der Waals surface area contributed by atoms with E-state index in [1.54, 1.807) is 6.92 Å². The van der Waals surface area contributed by atoms with Crippen LogP contribution in [0.3, 0.4) is 0 Å². The van der Waals surface area contributed by atoms with Gasteiger partial charge in [-0.25, -0.2) is 0 Å². The van der Waals surface area contributed by atoms with Crippen molar-refractivity contribution in [2.45, 2.75) is 25.5 Å². The van der Waals surface area contributed by atoms with E-state index in [1.165, 1.54) is 0 Å². The van der Waals surface area contributed by atoms with Crippen LogP contribution in [0.1, 0.15) is 13.3 Å². The summed E-state index contributed by atoms with van der Waals surface area (Å²) < 4.78 is 0. The second-order valence-electron chi connectivity index (χ2n) is 2.09. The minimum atomic E-state index is -0.478. The Balaban J connectivity index is 3.62. The van der Waals surface area contributed by atoms with Gasteiger partial charge in [-0.15, -0.1) is 6.42 Å². The van der Waals surface area contributed by atoms with Crippen LogP contribution in [-0.2, 0) is 4.79 Å². The van der Waals surface area contributed by atoms with Gasteiger partial charge in [0.2, 0.25) is 6.41 Å². The van der Waals surface area contributed by atoms with Crippen LogP contribution >= 0.6 is 0 Å². The van der Waals surface area contributed by atoms with Gasteiger partial charge in [-0.2, -0.15) is 0 Å². The largest absolute Gasteiger partial charge is 0.393 e. The standard InChI is InChI=1S/C7H11NO2/c1-3-7(8-5-9)4-6(2)10/h1,5-7,10H,4H2,2H3,(H,8,9)/t6-,7+/m1/s1. The summed E-state index contributed by atoms with van der Waals surface area (Å²) in [5, 5.41) is 11.2. The molecule has 3 heteroatoms. The third-order valence-electron chi connectivity index (χ3n) is 1.05. The average molecular weight is 141 g/mol. The summed E-state index contributed by atoms with van der Waals surface area (Å²) in [6.45, 7) is 1.62. The summed E-state index contributed by atoms with van der Waals surface area (Å²) in [4.78, 5) is 9.87. The maximum atomic E-state index is 9.87. The zero-order valence-corrected chi connectivity index (χ0v) is 5.87. The molecule has 0 heterocycles. The summed E-state index contributed by atoms with van der Waals surface area (Å²) in [6, 6.07) is -0.350. The molecule has 0 aromatic rings. The Morgan fingerprint density at radius 1 is 1.90 bits per heavy atom. The molecule has 0 aromatic carbocycles. The topological polar surface area (TPSA) is 49.3 Å². The second-order valence-corrected chi connectivity index (χ2v) is 2.09. The van der Waals surface area contributed by atoms with E-state index in [1.807, 2.05) is 0 Å². The van der Waals surface area contributed by atoms with Gasteiger partial charge >= 0.3 is 0 Å². The number of amides is 1. The van der Waals surface area contributed by atoms with Crippen molar-refractivity contribution in [2.24, 2.45) is 0 Å². The summed E-state index contributed by atoms with van der Waals surface area (Å²) in [5.41, 5.74) is 0. The summed E-state index contributed by atoms with van der Waals surface area (Å²) in [7, 11) is 0. The number of carbonyl (C=O) groups excluding carboxylic acids is 1. The van der Waals surface area contributed by atoms with Gasteiger partial charge in [0.05, 0.1) is 12.1 Å². The van der Waals surface area contributed by atoms with E-state index in [0.29, 0.717) is 12.8 Å². The number of rotatable bonds is 4. The van der Waals surface area contributed by atoms with Crippen LogP contribution in [0.4, 0.5) is 0 Å². The van der Waals surface area contributed by atoms with E-state index in [-0.39, 0.29) is 6.04 Å². The molecule has 0 radical (unpaired) electrons. The summed E-state index contributed by atoms with van der Waals surface area (Å²) in [6.07, 6.45) is 5.48. The van der Waals surface area contributed by atoms with Gasteiger partial charge in [0.1, 0.15) is 0 Å². The van der Waals surface area contributed by atoms with Crippen LogP contribution in [0, 0.1) is 12.3 Å². The Bertz CT molecular complexity index is 137. The Morgan fingerprint density at radius 2 is 2.50 bits per heavy atom. The molecule has 0 unspecified atom stereocenters. The van der Waals surface area contributed by atoms with E-state index in [0.717, 1.165) is 0 Å². The maximum absolute atomic E-state index is 9.87. The lowest BCUT2D eigenvalue weighted by Gasteiger charge is -2.10. The van der Waals surface area contributed by atoms with Crippen molar-refractivity contribution in [3.63, 3.8) is 0 Å². The molecular weight excluding hydrogens is 130 g/mol. The highest BCUT2D eigenvalue weighted by molar-refractivity contribution is 5.47. The zero-order chi connectivity index (χ0) is 7.98. The Kier molecular flexibility index (Phi) is 4.34. The van der Waals surface area contributed by atoms with Crippen LogP contribution in [0.5, 0.6) is 0 Å². The first-order valence-corrected chi connectivity index (χ1v) is 3.04. The van der Waals surface area contributed by atoms with Crippen molar-refractivity contribution < 1.29 is 9.90 Å². The first kappa shape index (κ1) is 8.99. The molecule has 0 aliphatic rings. The van der Waals surface area contributed by atoms with E-state index < -0.39 is 6.10 Å². The van der Waals surface area contributed by atoms with Crippen LogP contribution in [-0.4, -0.2) is 23.7 Å². The number of nitrogens with one attached hydrogen (secondary N) is 1. The van der Waals surface area contributed by atoms with Gasteiger partial charge in [-0.05, 0) is 6.92 Å². The molecule has 0 saturated heterocycles. The minimum absolute atomic E-state index is 0.350. The predicted molar refractivity (Wildman–Crippen MR) is 38.1 cm³/mol. The molecule has 10 heavy (non-hydrogen) atoms. The van der Waals surface area contributed by atoms with Crippen molar-refractivity contribution in [3.05, 3.63) is 0 Å². The monoisotopic (exact) mass is 141 g/mol. The molecule has 0 spiro atoms. The lowest BCUT2D eigenvalue weighted by atomic mass is 10.1. The van der Waals surface area contributed by atoms with Crippen LogP contribution < -0.4 is 5.32 Å². The lowest BCUT2D eigenvalue weighted by Crippen LogP contribution is -2.29. The molecule has 0 aromatic heterocycles. The van der Waals surface area contributed by atoms with E-state index >= 15 is 0 Å². The first-order chi connectivity index (χ1) is 4.70. The molecular formula is C7H11NO2. The third-order valence-corrected chi connectivity index (χ3v) is 1.05. The molecule has 0 saturated carbocycles. The smallest absolute Gasteiger partial charge is 0.208 e. The van der Waals surface area contributed by atoms with Crippen molar-refractivity contribution in [2.75, 3.05) is 0 Å². The number of terminal acetylenes is 1. The molecule has 0 fully saturated rings. The first-order valence-electron chi connectivity index (χ1n) is 3.04. The van der Waals surface area contributed by atoms with Crippen molar-refractivity contribution in [1.82, 2.24) is 5.32 Å².